The van der Waals surface area contributed by atoms with Crippen molar-refractivity contribution in [1.82, 2.24) is 0 Å². The molecule has 3 aliphatic rings. The quantitative estimate of drug-likeness (QED) is 0.820. The number of fused-ring (bicyclic) bond motifs is 2. The van der Waals surface area contributed by atoms with E-state index in [4.69, 9.17) is 10.5 Å². The molecular weight excluding hydrogens is 320 g/mol. The molecule has 122 valence electrons. The summed E-state index contributed by atoms with van der Waals surface area (Å²) in [6.07, 6.45) is 0.644. The molecule has 0 aromatic heterocycles. The smallest absolute Gasteiger partial charge is 0.278 e. The molecule has 4 rings (SSSR count). The van der Waals surface area contributed by atoms with E-state index in [1.54, 1.807) is 11.8 Å². The minimum absolute atomic E-state index is 0.364. The molecular formula is C18H19N4OS+. The van der Waals surface area contributed by atoms with E-state index in [0.29, 0.717) is 18.9 Å². The highest BCUT2D eigenvalue weighted by Gasteiger charge is 3.03. The fourth-order valence-corrected chi connectivity index (χ4v) is 6.54. The van der Waals surface area contributed by atoms with Gasteiger partial charge in [-0.1, -0.05) is 48.5 Å². The molecule has 0 bridgehead atoms. The fourth-order valence-electron chi connectivity index (χ4n) is 5.15. The third-order valence-corrected chi connectivity index (χ3v) is 7.38. The zero-order chi connectivity index (χ0) is 17.2. The van der Waals surface area contributed by atoms with Crippen molar-refractivity contribution in [1.29, 1.82) is 10.5 Å². The molecule has 1 aromatic carbocycles. The van der Waals surface area contributed by atoms with E-state index in [1.165, 1.54) is 0 Å². The van der Waals surface area contributed by atoms with Gasteiger partial charge in [-0.3, -0.25) is 5.73 Å². The lowest BCUT2D eigenvalue weighted by Crippen LogP contribution is -2.88. The first-order valence-electron chi connectivity index (χ1n) is 8.10. The predicted molar refractivity (Wildman–Crippen MR) is 90.5 cm³/mol. The molecule has 1 saturated heterocycles. The second-order valence-corrected chi connectivity index (χ2v) is 7.97. The van der Waals surface area contributed by atoms with Gasteiger partial charge in [0.05, 0.1) is 24.2 Å². The molecule has 2 heterocycles. The Morgan fingerprint density at radius 3 is 2.50 bits per heavy atom. The number of ether oxygens (including phenoxy) is 1. The van der Waals surface area contributed by atoms with Crippen molar-refractivity contribution in [3.05, 3.63) is 35.4 Å². The van der Waals surface area contributed by atoms with Crippen LogP contribution in [0.25, 0.3) is 0 Å². The normalized spacial score (nSPS) is 42.2. The van der Waals surface area contributed by atoms with Crippen LogP contribution in [0.1, 0.15) is 24.5 Å². The van der Waals surface area contributed by atoms with Crippen LogP contribution in [-0.4, -0.2) is 23.3 Å². The first-order valence-corrected chi connectivity index (χ1v) is 9.09. The Hall–Kier alpha value is -2.02. The SMILES string of the molecule is CC[C@@]1(c2ccc(C)cc2)[C@]2(C#N)C(N)=[NH+][C@@]3(OCCS3)[C@@]21C#N. The summed E-state index contributed by atoms with van der Waals surface area (Å²) >= 11 is 1.55. The average Bonchev–Trinajstić information content (AvgIpc) is 2.81. The highest BCUT2D eigenvalue weighted by atomic mass is 32.2. The number of nitrogens with two attached hydrogens (primary N) is 1. The van der Waals surface area contributed by atoms with Crippen LogP contribution in [0, 0.1) is 40.4 Å². The number of benzene rings is 1. The third-order valence-electron chi connectivity index (χ3n) is 6.08. The van der Waals surface area contributed by atoms with E-state index in [-0.39, 0.29) is 0 Å². The summed E-state index contributed by atoms with van der Waals surface area (Å²) < 4.78 is 6.03. The van der Waals surface area contributed by atoms with Crippen molar-refractivity contribution in [2.24, 2.45) is 16.6 Å². The second kappa shape index (κ2) is 4.53. The molecule has 3 N–H and O–H groups in total. The predicted octanol–water partition coefficient (Wildman–Crippen LogP) is 0.545. The van der Waals surface area contributed by atoms with Gasteiger partial charge in [-0.05, 0) is 18.9 Å². The molecule has 0 radical (unpaired) electrons. The topological polar surface area (TPSA) is 96.8 Å². The van der Waals surface area contributed by atoms with E-state index in [9.17, 15) is 10.5 Å². The number of hydrogen-bond donors (Lipinski definition) is 2. The lowest BCUT2D eigenvalue weighted by molar-refractivity contribution is -0.584. The number of amidine groups is 1. The Morgan fingerprint density at radius 2 is 2.00 bits per heavy atom. The second-order valence-electron chi connectivity index (χ2n) is 6.70. The van der Waals surface area contributed by atoms with E-state index < -0.39 is 21.3 Å². The van der Waals surface area contributed by atoms with Crippen LogP contribution in [0.5, 0.6) is 0 Å². The lowest BCUT2D eigenvalue weighted by Gasteiger charge is -2.29. The molecule has 1 saturated carbocycles. The Balaban J connectivity index is 2.03. The molecule has 4 atom stereocenters. The van der Waals surface area contributed by atoms with Gasteiger partial charge in [0.1, 0.15) is 0 Å². The molecule has 2 aliphatic heterocycles. The monoisotopic (exact) mass is 339 g/mol. The van der Waals surface area contributed by atoms with Gasteiger partial charge in [0.15, 0.2) is 10.8 Å². The molecule has 1 aromatic rings. The van der Waals surface area contributed by atoms with Crippen LogP contribution in [-0.2, 0) is 10.2 Å². The van der Waals surface area contributed by atoms with Crippen LogP contribution >= 0.6 is 11.8 Å². The van der Waals surface area contributed by atoms with Crippen molar-refractivity contribution < 1.29 is 9.73 Å². The average molecular weight is 339 g/mol. The number of rotatable bonds is 2. The van der Waals surface area contributed by atoms with E-state index in [1.807, 2.05) is 38.1 Å². The molecule has 1 aliphatic carbocycles. The van der Waals surface area contributed by atoms with Crippen molar-refractivity contribution in [3.8, 4) is 12.1 Å². The van der Waals surface area contributed by atoms with Crippen molar-refractivity contribution in [2.75, 3.05) is 12.4 Å². The van der Waals surface area contributed by atoms with Gasteiger partial charge >= 0.3 is 0 Å². The molecule has 0 unspecified atom stereocenters. The highest BCUT2D eigenvalue weighted by Crippen LogP contribution is 2.85. The minimum atomic E-state index is -1.07. The zero-order valence-electron chi connectivity index (χ0n) is 13.7. The minimum Gasteiger partial charge on any atom is -0.327 e. The summed E-state index contributed by atoms with van der Waals surface area (Å²) in [4.78, 5) is 3.17. The summed E-state index contributed by atoms with van der Waals surface area (Å²) in [7, 11) is 0. The molecule has 2 fully saturated rings. The Kier molecular flexibility index (Phi) is 2.93. The molecule has 5 nitrogen and oxygen atoms in total. The van der Waals surface area contributed by atoms with Gasteiger partial charge in [0, 0.05) is 5.75 Å². The van der Waals surface area contributed by atoms with Crippen molar-refractivity contribution in [3.63, 3.8) is 0 Å². The van der Waals surface area contributed by atoms with E-state index in [0.717, 1.165) is 16.9 Å². The maximum absolute atomic E-state index is 10.3. The Labute approximate surface area is 145 Å². The van der Waals surface area contributed by atoms with Gasteiger partial charge < -0.3 is 4.74 Å². The summed E-state index contributed by atoms with van der Waals surface area (Å²) in [6.45, 7) is 4.59. The summed E-state index contributed by atoms with van der Waals surface area (Å²) in [5.74, 6) is 1.14. The Morgan fingerprint density at radius 1 is 1.29 bits per heavy atom. The highest BCUT2D eigenvalue weighted by molar-refractivity contribution is 8.00. The lowest BCUT2D eigenvalue weighted by atomic mass is 9.81. The number of thioether (sulfide) groups is 1. The van der Waals surface area contributed by atoms with Crippen LogP contribution < -0.4 is 10.7 Å². The van der Waals surface area contributed by atoms with Crippen LogP contribution in [0.3, 0.4) is 0 Å². The van der Waals surface area contributed by atoms with Gasteiger partial charge in [-0.25, -0.2) is 4.99 Å². The number of nitrogens with zero attached hydrogens (tertiary/aromatic N) is 2. The van der Waals surface area contributed by atoms with Gasteiger partial charge in [-0.15, -0.1) is 0 Å². The number of nitrogens with one attached hydrogen (secondary N) is 1. The molecule has 1 spiro atoms. The van der Waals surface area contributed by atoms with Crippen LogP contribution in [0.15, 0.2) is 24.3 Å². The first-order chi connectivity index (χ1) is 11.5. The number of nitriles is 2. The largest absolute Gasteiger partial charge is 0.327 e. The number of hydrogen-bond acceptors (Lipinski definition) is 5. The van der Waals surface area contributed by atoms with Crippen molar-refractivity contribution >= 4 is 17.6 Å². The van der Waals surface area contributed by atoms with E-state index >= 15 is 0 Å². The van der Waals surface area contributed by atoms with Gasteiger partial charge in [0.25, 0.3) is 10.9 Å². The summed E-state index contributed by atoms with van der Waals surface area (Å²) in [5.41, 5.74) is 5.70. The van der Waals surface area contributed by atoms with Crippen molar-refractivity contribution in [2.45, 2.75) is 30.7 Å². The molecule has 6 heteroatoms. The fraction of sp³-hybridized carbons (Fsp3) is 0.500. The maximum Gasteiger partial charge on any atom is 0.278 e. The molecule has 0 amide bonds. The first kappa shape index (κ1) is 15.5. The molecule has 24 heavy (non-hydrogen) atoms. The van der Waals surface area contributed by atoms with Crippen LogP contribution in [0.4, 0.5) is 0 Å². The van der Waals surface area contributed by atoms with Crippen LogP contribution in [0.2, 0.25) is 0 Å². The third kappa shape index (κ3) is 1.21. The summed E-state index contributed by atoms with van der Waals surface area (Å²) in [6, 6.07) is 13.0. The maximum atomic E-state index is 10.3. The standard InChI is InChI=1S/C18H18N4OS/c1-3-15(13-6-4-12(2)5-7-13)16(10-19)14(21)22-18(17(15,16)11-20)23-8-9-24-18/h4-7H,3,8-9H2,1-2H3,(H2,21,22)/p+1/t15-,16+,17-,18-/m1/s1. The number of aryl methyl sites for hydroxylation is 1. The Bertz CT molecular complexity index is 830. The zero-order valence-corrected chi connectivity index (χ0v) is 14.5. The van der Waals surface area contributed by atoms with Gasteiger partial charge in [-0.2, -0.15) is 10.5 Å². The van der Waals surface area contributed by atoms with Gasteiger partial charge in [0.2, 0.25) is 0 Å². The summed E-state index contributed by atoms with van der Waals surface area (Å²) in [5, 5.41) is 19.5. The van der Waals surface area contributed by atoms with E-state index in [2.05, 4.69) is 17.1 Å².